The Balaban J connectivity index is 4.52. The number of carbonyl (C=O) groups is 2. The summed E-state index contributed by atoms with van der Waals surface area (Å²) in [6.07, 6.45) is -0.0664. The molecule has 1 atom stereocenters. The average molecular weight is 216 g/mol. The summed E-state index contributed by atoms with van der Waals surface area (Å²) in [5.41, 5.74) is -0.274. The molecule has 5 nitrogen and oxygen atoms in total. The number of nitrogens with zero attached hydrogens (tertiary/aromatic N) is 1. The first-order valence-corrected chi connectivity index (χ1v) is 4.84. The molecule has 0 aliphatic carbocycles. The summed E-state index contributed by atoms with van der Waals surface area (Å²) in [4.78, 5) is 23.4. The molecule has 0 bridgehead atoms. The molecule has 15 heavy (non-hydrogen) atoms. The van der Waals surface area contributed by atoms with Crippen LogP contribution >= 0.6 is 0 Å². The van der Waals surface area contributed by atoms with Gasteiger partial charge in [0.2, 0.25) is 0 Å². The van der Waals surface area contributed by atoms with Crippen molar-refractivity contribution in [3.63, 3.8) is 0 Å². The molecule has 2 amide bonds. The van der Waals surface area contributed by atoms with Gasteiger partial charge in [-0.15, -0.1) is 0 Å². The fourth-order valence-electron chi connectivity index (χ4n) is 1.03. The number of carbonyl (C=O) groups excluding carboxylic acids is 1. The maximum Gasteiger partial charge on any atom is 0.317 e. The zero-order valence-electron chi connectivity index (χ0n) is 10.00. The minimum atomic E-state index is -0.908. The van der Waals surface area contributed by atoms with Gasteiger partial charge in [-0.2, -0.15) is 0 Å². The van der Waals surface area contributed by atoms with E-state index in [1.807, 2.05) is 20.8 Å². The fourth-order valence-corrected chi connectivity index (χ4v) is 1.03. The molecule has 0 aromatic carbocycles. The quantitative estimate of drug-likeness (QED) is 0.743. The molecule has 88 valence electrons. The van der Waals surface area contributed by atoms with Crippen molar-refractivity contribution >= 4 is 12.0 Å². The normalized spacial score (nSPS) is 13.1. The van der Waals surface area contributed by atoms with Crippen molar-refractivity contribution in [3.8, 4) is 0 Å². The number of rotatable bonds is 3. The van der Waals surface area contributed by atoms with Crippen LogP contribution in [-0.2, 0) is 4.79 Å². The van der Waals surface area contributed by atoms with Crippen molar-refractivity contribution in [2.24, 2.45) is 5.41 Å². The fraction of sp³-hybridized carbons (Fsp3) is 0.800. The van der Waals surface area contributed by atoms with Gasteiger partial charge in [0, 0.05) is 20.1 Å². The third kappa shape index (κ3) is 5.24. The van der Waals surface area contributed by atoms with Gasteiger partial charge in [-0.25, -0.2) is 4.79 Å². The lowest BCUT2D eigenvalue weighted by Crippen LogP contribution is -2.48. The van der Waals surface area contributed by atoms with Crippen molar-refractivity contribution in [3.05, 3.63) is 0 Å². The summed E-state index contributed by atoms with van der Waals surface area (Å²) in [7, 11) is 3.24. The molecular weight excluding hydrogens is 196 g/mol. The Bertz CT molecular complexity index is 244. The van der Waals surface area contributed by atoms with E-state index in [0.717, 1.165) is 0 Å². The predicted molar refractivity (Wildman–Crippen MR) is 57.7 cm³/mol. The van der Waals surface area contributed by atoms with Gasteiger partial charge < -0.3 is 15.3 Å². The Hall–Kier alpha value is -1.26. The molecule has 5 heteroatoms. The molecule has 0 radical (unpaired) electrons. The Kier molecular flexibility index (Phi) is 4.58. The number of hydrogen-bond acceptors (Lipinski definition) is 2. The van der Waals surface area contributed by atoms with Crippen LogP contribution in [0.5, 0.6) is 0 Å². The summed E-state index contributed by atoms with van der Waals surface area (Å²) in [6.45, 7) is 5.70. The zero-order valence-corrected chi connectivity index (χ0v) is 10.00. The third-order valence-corrected chi connectivity index (χ3v) is 2.13. The Labute approximate surface area is 90.5 Å². The Morgan fingerprint density at radius 1 is 1.33 bits per heavy atom. The second-order valence-corrected chi connectivity index (χ2v) is 4.86. The van der Waals surface area contributed by atoms with Crippen LogP contribution < -0.4 is 5.32 Å². The van der Waals surface area contributed by atoms with Crippen LogP contribution in [0.1, 0.15) is 27.2 Å². The Morgan fingerprint density at radius 3 is 2.07 bits per heavy atom. The minimum Gasteiger partial charge on any atom is -0.481 e. The molecule has 1 unspecified atom stereocenters. The van der Waals surface area contributed by atoms with Crippen molar-refractivity contribution in [2.75, 3.05) is 14.1 Å². The molecule has 0 aliphatic rings. The van der Waals surface area contributed by atoms with E-state index in [9.17, 15) is 9.59 Å². The Morgan fingerprint density at radius 2 is 1.80 bits per heavy atom. The lowest BCUT2D eigenvalue weighted by Gasteiger charge is -2.31. The number of carboxylic acid groups (broad SMARTS) is 1. The highest BCUT2D eigenvalue weighted by atomic mass is 16.4. The van der Waals surface area contributed by atoms with Crippen molar-refractivity contribution in [1.82, 2.24) is 10.2 Å². The van der Waals surface area contributed by atoms with Crippen molar-refractivity contribution in [2.45, 2.75) is 33.2 Å². The summed E-state index contributed by atoms with van der Waals surface area (Å²) >= 11 is 0. The minimum absolute atomic E-state index is 0.0664. The summed E-state index contributed by atoms with van der Waals surface area (Å²) < 4.78 is 0. The first kappa shape index (κ1) is 13.7. The number of nitrogens with one attached hydrogen (secondary N) is 1. The van der Waals surface area contributed by atoms with Crippen LogP contribution in [0.2, 0.25) is 0 Å². The van der Waals surface area contributed by atoms with Crippen LogP contribution in [-0.4, -0.2) is 42.1 Å². The number of aliphatic carboxylic acids is 1. The van der Waals surface area contributed by atoms with E-state index in [-0.39, 0.29) is 23.9 Å². The third-order valence-electron chi connectivity index (χ3n) is 2.13. The van der Waals surface area contributed by atoms with Gasteiger partial charge >= 0.3 is 12.0 Å². The summed E-state index contributed by atoms with van der Waals surface area (Å²) in [6, 6.07) is -0.638. The van der Waals surface area contributed by atoms with Crippen LogP contribution in [0.4, 0.5) is 4.79 Å². The molecular formula is C10H20N2O3. The van der Waals surface area contributed by atoms with E-state index in [2.05, 4.69) is 5.32 Å². The SMILES string of the molecule is CN(C)C(=O)NC(CC(=O)O)C(C)(C)C. The van der Waals surface area contributed by atoms with Crippen LogP contribution in [0.15, 0.2) is 0 Å². The number of carboxylic acids is 1. The standard InChI is InChI=1S/C10H20N2O3/c1-10(2,3)7(6-8(13)14)11-9(15)12(4)5/h7H,6H2,1-5H3,(H,11,15)(H,13,14). The van der Waals surface area contributed by atoms with Gasteiger partial charge in [-0.3, -0.25) is 4.79 Å². The highest BCUT2D eigenvalue weighted by molar-refractivity contribution is 5.75. The second kappa shape index (κ2) is 5.00. The zero-order chi connectivity index (χ0) is 12.2. The first-order chi connectivity index (χ1) is 6.64. The molecule has 0 aromatic heterocycles. The number of amides is 2. The van der Waals surface area contributed by atoms with Gasteiger partial charge in [0.25, 0.3) is 0 Å². The maximum absolute atomic E-state index is 11.4. The molecule has 0 aliphatic heterocycles. The average Bonchev–Trinajstić information content (AvgIpc) is 2.00. The van der Waals surface area contributed by atoms with Gasteiger partial charge in [-0.1, -0.05) is 20.8 Å². The van der Waals surface area contributed by atoms with Crippen molar-refractivity contribution < 1.29 is 14.7 Å². The van der Waals surface area contributed by atoms with E-state index in [0.29, 0.717) is 0 Å². The maximum atomic E-state index is 11.4. The predicted octanol–water partition coefficient (Wildman–Crippen LogP) is 1.15. The lowest BCUT2D eigenvalue weighted by atomic mass is 9.85. The molecule has 0 spiro atoms. The molecule has 0 heterocycles. The topological polar surface area (TPSA) is 69.6 Å². The smallest absolute Gasteiger partial charge is 0.317 e. The van der Waals surface area contributed by atoms with E-state index in [4.69, 9.17) is 5.11 Å². The van der Waals surface area contributed by atoms with Gasteiger partial charge in [0.15, 0.2) is 0 Å². The van der Waals surface area contributed by atoms with Gasteiger partial charge in [0.05, 0.1) is 6.42 Å². The van der Waals surface area contributed by atoms with E-state index >= 15 is 0 Å². The summed E-state index contributed by atoms with van der Waals surface area (Å²) in [5, 5.41) is 11.4. The van der Waals surface area contributed by atoms with Gasteiger partial charge in [-0.05, 0) is 5.41 Å². The number of urea groups is 1. The van der Waals surface area contributed by atoms with E-state index in [1.54, 1.807) is 14.1 Å². The number of hydrogen-bond donors (Lipinski definition) is 2. The van der Waals surface area contributed by atoms with Crippen LogP contribution in [0.25, 0.3) is 0 Å². The largest absolute Gasteiger partial charge is 0.481 e. The van der Waals surface area contributed by atoms with Gasteiger partial charge in [0.1, 0.15) is 0 Å². The highest BCUT2D eigenvalue weighted by Gasteiger charge is 2.28. The molecule has 0 aromatic rings. The lowest BCUT2D eigenvalue weighted by molar-refractivity contribution is -0.138. The summed E-state index contributed by atoms with van der Waals surface area (Å²) in [5.74, 6) is -0.908. The highest BCUT2D eigenvalue weighted by Crippen LogP contribution is 2.21. The van der Waals surface area contributed by atoms with Crippen LogP contribution in [0.3, 0.4) is 0 Å². The van der Waals surface area contributed by atoms with E-state index in [1.165, 1.54) is 4.90 Å². The molecule has 0 fully saturated rings. The molecule has 2 N–H and O–H groups in total. The first-order valence-electron chi connectivity index (χ1n) is 4.84. The molecule has 0 saturated heterocycles. The molecule has 0 saturated carbocycles. The van der Waals surface area contributed by atoms with Crippen LogP contribution in [0, 0.1) is 5.41 Å². The van der Waals surface area contributed by atoms with Crippen molar-refractivity contribution in [1.29, 1.82) is 0 Å². The second-order valence-electron chi connectivity index (χ2n) is 4.86. The van der Waals surface area contributed by atoms with E-state index < -0.39 is 5.97 Å². The monoisotopic (exact) mass is 216 g/mol. The molecule has 0 rings (SSSR count).